The molecule has 1 aliphatic carbocycles. The average Bonchev–Trinajstić information content (AvgIpc) is 3.41. The number of aryl methyl sites for hydroxylation is 1. The average molecular weight is 407 g/mol. The number of benzene rings is 2. The minimum atomic E-state index is -0.647. The predicted molar refractivity (Wildman–Crippen MR) is 114 cm³/mol. The first-order valence-electron chi connectivity index (χ1n) is 9.58. The van der Waals surface area contributed by atoms with E-state index in [0.717, 1.165) is 17.0 Å². The van der Waals surface area contributed by atoms with E-state index in [1.54, 1.807) is 6.92 Å². The number of hydrogen-bond donors (Lipinski definition) is 2. The lowest BCUT2D eigenvalue weighted by atomic mass is 10.1. The van der Waals surface area contributed by atoms with Gasteiger partial charge < -0.3 is 5.32 Å². The molecule has 2 aromatic carbocycles. The molecule has 0 unspecified atom stereocenters. The van der Waals surface area contributed by atoms with E-state index in [9.17, 15) is 9.59 Å². The van der Waals surface area contributed by atoms with Crippen LogP contribution in [0.4, 0.5) is 5.13 Å². The van der Waals surface area contributed by atoms with Crippen LogP contribution in [-0.2, 0) is 9.59 Å². The van der Waals surface area contributed by atoms with Crippen molar-refractivity contribution in [3.63, 3.8) is 0 Å². The van der Waals surface area contributed by atoms with Crippen LogP contribution >= 0.6 is 11.3 Å². The minimum absolute atomic E-state index is 0.0673. The molecule has 0 bridgehead atoms. The van der Waals surface area contributed by atoms with Crippen molar-refractivity contribution in [2.24, 2.45) is 5.92 Å². The molecular formula is C22H22N4O2S. The minimum Gasteiger partial charge on any atom is -0.344 e. The van der Waals surface area contributed by atoms with Crippen molar-refractivity contribution in [3.05, 3.63) is 65.7 Å². The van der Waals surface area contributed by atoms with E-state index in [1.807, 2.05) is 61.5 Å². The lowest BCUT2D eigenvalue weighted by molar-refractivity contribution is -0.127. The van der Waals surface area contributed by atoms with Crippen molar-refractivity contribution >= 4 is 28.3 Å². The third-order valence-corrected chi connectivity index (χ3v) is 5.95. The zero-order valence-electron chi connectivity index (χ0n) is 16.3. The van der Waals surface area contributed by atoms with Gasteiger partial charge in [-0.15, -0.1) is 10.2 Å². The summed E-state index contributed by atoms with van der Waals surface area (Å²) >= 11 is 1.31. The largest absolute Gasteiger partial charge is 0.344 e. The van der Waals surface area contributed by atoms with Crippen LogP contribution in [0.5, 0.6) is 0 Å². The molecule has 0 spiro atoms. The van der Waals surface area contributed by atoms with Crippen LogP contribution in [0.15, 0.2) is 54.6 Å². The van der Waals surface area contributed by atoms with Crippen LogP contribution in [0.3, 0.4) is 0 Å². The fourth-order valence-corrected chi connectivity index (χ4v) is 3.99. The fourth-order valence-electron chi connectivity index (χ4n) is 3.24. The van der Waals surface area contributed by atoms with Crippen molar-refractivity contribution in [2.75, 3.05) is 5.32 Å². The third kappa shape index (κ3) is 4.51. The number of aromatic nitrogens is 2. The Morgan fingerprint density at radius 2 is 1.79 bits per heavy atom. The number of nitrogens with one attached hydrogen (secondary N) is 2. The second kappa shape index (κ2) is 8.13. The Morgan fingerprint density at radius 1 is 1.07 bits per heavy atom. The molecule has 0 aliphatic heterocycles. The van der Waals surface area contributed by atoms with Crippen molar-refractivity contribution < 1.29 is 9.59 Å². The van der Waals surface area contributed by atoms with Crippen molar-refractivity contribution in [3.8, 4) is 10.6 Å². The second-order valence-electron chi connectivity index (χ2n) is 7.36. The Kier molecular flexibility index (Phi) is 5.40. The molecule has 29 heavy (non-hydrogen) atoms. The molecule has 1 saturated carbocycles. The van der Waals surface area contributed by atoms with Crippen LogP contribution in [-0.4, -0.2) is 28.1 Å². The summed E-state index contributed by atoms with van der Waals surface area (Å²) in [6.07, 6.45) is 0.820. The van der Waals surface area contributed by atoms with E-state index in [1.165, 1.54) is 22.5 Å². The van der Waals surface area contributed by atoms with Gasteiger partial charge in [0.05, 0.1) is 0 Å². The molecule has 4 rings (SSSR count). The van der Waals surface area contributed by atoms with Gasteiger partial charge in [-0.1, -0.05) is 71.5 Å². The number of anilines is 1. The van der Waals surface area contributed by atoms with Gasteiger partial charge in [-0.3, -0.25) is 14.9 Å². The number of nitrogens with zero attached hydrogens (tertiary/aromatic N) is 2. The summed E-state index contributed by atoms with van der Waals surface area (Å²) in [5, 5.41) is 14.9. The number of rotatable bonds is 6. The maximum absolute atomic E-state index is 12.5. The Hall–Kier alpha value is -3.06. The van der Waals surface area contributed by atoms with Crippen LogP contribution < -0.4 is 10.6 Å². The molecule has 1 heterocycles. The van der Waals surface area contributed by atoms with Gasteiger partial charge in [0, 0.05) is 11.5 Å². The zero-order chi connectivity index (χ0) is 20.4. The van der Waals surface area contributed by atoms with Gasteiger partial charge in [-0.25, -0.2) is 0 Å². The van der Waals surface area contributed by atoms with E-state index in [0.29, 0.717) is 5.13 Å². The summed E-state index contributed by atoms with van der Waals surface area (Å²) < 4.78 is 0. The standard InChI is InChI=1S/C22H22N4O2S/c1-13-8-10-16(11-9-13)21-25-26-22(29-21)24-19(27)14(2)23-20(28)18-12-17(18)15-6-4-3-5-7-15/h3-11,14,17-18H,12H2,1-2H3,(H,23,28)(H,24,26,27)/t14-,17-,18+/m0/s1. The smallest absolute Gasteiger partial charge is 0.248 e. The zero-order valence-corrected chi connectivity index (χ0v) is 17.1. The van der Waals surface area contributed by atoms with Crippen molar-refractivity contribution in [2.45, 2.75) is 32.2 Å². The van der Waals surface area contributed by atoms with E-state index >= 15 is 0 Å². The quantitative estimate of drug-likeness (QED) is 0.653. The van der Waals surface area contributed by atoms with Gasteiger partial charge >= 0.3 is 0 Å². The first-order chi connectivity index (χ1) is 14.0. The van der Waals surface area contributed by atoms with Gasteiger partial charge in [0.15, 0.2) is 0 Å². The van der Waals surface area contributed by atoms with Crippen LogP contribution in [0.2, 0.25) is 0 Å². The first-order valence-corrected chi connectivity index (χ1v) is 10.4. The summed E-state index contributed by atoms with van der Waals surface area (Å²) in [7, 11) is 0. The Balaban J connectivity index is 1.31. The Bertz CT molecular complexity index is 1020. The number of amides is 2. The molecular weight excluding hydrogens is 384 g/mol. The Labute approximate surface area is 173 Å². The fraction of sp³-hybridized carbons (Fsp3) is 0.273. The summed E-state index contributed by atoms with van der Waals surface area (Å²) in [5.41, 5.74) is 3.29. The number of carbonyl (C=O) groups is 2. The third-order valence-electron chi connectivity index (χ3n) is 5.06. The first kappa shape index (κ1) is 19.3. The summed E-state index contributed by atoms with van der Waals surface area (Å²) in [4.78, 5) is 24.9. The SMILES string of the molecule is Cc1ccc(-c2nnc(NC(=O)[C@H](C)NC(=O)[C@@H]3C[C@H]3c3ccccc3)s2)cc1. The maximum Gasteiger partial charge on any atom is 0.248 e. The molecule has 7 heteroatoms. The lowest BCUT2D eigenvalue weighted by Crippen LogP contribution is -2.42. The summed E-state index contributed by atoms with van der Waals surface area (Å²) in [6, 6.07) is 17.3. The second-order valence-corrected chi connectivity index (χ2v) is 8.33. The summed E-state index contributed by atoms with van der Waals surface area (Å²) in [6.45, 7) is 3.70. The van der Waals surface area contributed by atoms with Gasteiger partial charge in [0.25, 0.3) is 0 Å². The van der Waals surface area contributed by atoms with E-state index < -0.39 is 6.04 Å². The van der Waals surface area contributed by atoms with E-state index in [4.69, 9.17) is 0 Å². The number of carbonyl (C=O) groups excluding carboxylic acids is 2. The van der Waals surface area contributed by atoms with Gasteiger partial charge in [0.1, 0.15) is 11.0 Å². The molecule has 3 atom stereocenters. The molecule has 3 aromatic rings. The van der Waals surface area contributed by atoms with E-state index in [-0.39, 0.29) is 23.7 Å². The van der Waals surface area contributed by atoms with Crippen LogP contribution in [0.1, 0.15) is 30.4 Å². The summed E-state index contributed by atoms with van der Waals surface area (Å²) in [5.74, 6) is -0.213. The molecule has 0 saturated heterocycles. The van der Waals surface area contributed by atoms with Gasteiger partial charge in [0.2, 0.25) is 16.9 Å². The Morgan fingerprint density at radius 3 is 2.52 bits per heavy atom. The monoisotopic (exact) mass is 406 g/mol. The molecule has 6 nitrogen and oxygen atoms in total. The highest BCUT2D eigenvalue weighted by Crippen LogP contribution is 2.47. The van der Waals surface area contributed by atoms with Gasteiger partial charge in [-0.05, 0) is 31.7 Å². The topological polar surface area (TPSA) is 84.0 Å². The highest BCUT2D eigenvalue weighted by Gasteiger charge is 2.44. The van der Waals surface area contributed by atoms with Gasteiger partial charge in [-0.2, -0.15) is 0 Å². The predicted octanol–water partition coefficient (Wildman–Crippen LogP) is 3.76. The molecule has 0 radical (unpaired) electrons. The lowest BCUT2D eigenvalue weighted by Gasteiger charge is -2.12. The normalized spacial score (nSPS) is 18.7. The highest BCUT2D eigenvalue weighted by molar-refractivity contribution is 7.18. The van der Waals surface area contributed by atoms with Crippen LogP contribution in [0, 0.1) is 12.8 Å². The molecule has 2 N–H and O–H groups in total. The highest BCUT2D eigenvalue weighted by atomic mass is 32.1. The molecule has 2 amide bonds. The van der Waals surface area contributed by atoms with Crippen molar-refractivity contribution in [1.82, 2.24) is 15.5 Å². The molecule has 1 aromatic heterocycles. The maximum atomic E-state index is 12.5. The molecule has 1 aliphatic rings. The van der Waals surface area contributed by atoms with Crippen molar-refractivity contribution in [1.29, 1.82) is 0 Å². The molecule has 148 valence electrons. The van der Waals surface area contributed by atoms with E-state index in [2.05, 4.69) is 20.8 Å². The number of hydrogen-bond acceptors (Lipinski definition) is 5. The molecule has 1 fully saturated rings. The van der Waals surface area contributed by atoms with Crippen LogP contribution in [0.25, 0.3) is 10.6 Å².